The number of nitrogens with zero attached hydrogens (tertiary/aromatic N) is 3. The largest absolute Gasteiger partial charge is 0.383 e. The molecule has 0 atom stereocenters. The van der Waals surface area contributed by atoms with Gasteiger partial charge in [0.05, 0.1) is 6.61 Å². The van der Waals surface area contributed by atoms with Crippen LogP contribution in [0.1, 0.15) is 6.42 Å². The van der Waals surface area contributed by atoms with E-state index in [4.69, 9.17) is 4.74 Å². The second-order valence-electron chi connectivity index (χ2n) is 3.79. The van der Waals surface area contributed by atoms with E-state index in [1.807, 2.05) is 19.4 Å². The van der Waals surface area contributed by atoms with E-state index in [1.165, 1.54) is 0 Å². The summed E-state index contributed by atoms with van der Waals surface area (Å²) in [6, 6.07) is 0. The second-order valence-corrected chi connectivity index (χ2v) is 3.79. The number of imidazole rings is 1. The van der Waals surface area contributed by atoms with E-state index in [9.17, 15) is 0 Å². The van der Waals surface area contributed by atoms with Crippen LogP contribution >= 0.6 is 0 Å². The molecule has 5 heteroatoms. The van der Waals surface area contributed by atoms with Crippen LogP contribution in [-0.4, -0.2) is 50.5 Å². The van der Waals surface area contributed by atoms with Crippen molar-refractivity contribution in [2.45, 2.75) is 13.0 Å². The Hall–Kier alpha value is -1.07. The summed E-state index contributed by atoms with van der Waals surface area (Å²) in [5, 5.41) is 3.14. The van der Waals surface area contributed by atoms with E-state index >= 15 is 0 Å². The van der Waals surface area contributed by atoms with Gasteiger partial charge in [-0.2, -0.15) is 0 Å². The van der Waals surface area contributed by atoms with Gasteiger partial charge >= 0.3 is 0 Å². The van der Waals surface area contributed by atoms with Gasteiger partial charge in [0.25, 0.3) is 0 Å². The number of aromatic nitrogens is 2. The summed E-state index contributed by atoms with van der Waals surface area (Å²) in [6.07, 6.45) is 4.94. The minimum Gasteiger partial charge on any atom is -0.383 e. The Morgan fingerprint density at radius 2 is 2.38 bits per heavy atom. The maximum absolute atomic E-state index is 5.07. The molecule has 1 N–H and O–H groups in total. The molecule has 92 valence electrons. The highest BCUT2D eigenvalue weighted by atomic mass is 16.5. The zero-order valence-corrected chi connectivity index (χ0v) is 10.4. The Morgan fingerprint density at radius 3 is 3.06 bits per heavy atom. The Balaban J connectivity index is 2.46. The van der Waals surface area contributed by atoms with E-state index in [0.717, 1.165) is 32.0 Å². The van der Waals surface area contributed by atoms with Gasteiger partial charge in [0.2, 0.25) is 5.95 Å². The first-order valence-electron chi connectivity index (χ1n) is 5.65. The lowest BCUT2D eigenvalue weighted by atomic mass is 10.4. The third-order valence-electron chi connectivity index (χ3n) is 2.49. The molecule has 1 rings (SSSR count). The molecule has 0 saturated carbocycles. The summed E-state index contributed by atoms with van der Waals surface area (Å²) < 4.78 is 7.19. The van der Waals surface area contributed by atoms with Crippen LogP contribution in [0, 0.1) is 0 Å². The molecule has 0 aliphatic heterocycles. The predicted molar refractivity (Wildman–Crippen MR) is 65.9 cm³/mol. The highest BCUT2D eigenvalue weighted by Gasteiger charge is 2.07. The number of methoxy groups -OCH3 is 1. The van der Waals surface area contributed by atoms with Crippen molar-refractivity contribution in [2.75, 3.05) is 45.8 Å². The van der Waals surface area contributed by atoms with Crippen molar-refractivity contribution in [1.82, 2.24) is 14.9 Å². The lowest BCUT2D eigenvalue weighted by Crippen LogP contribution is -2.25. The molecule has 0 amide bonds. The van der Waals surface area contributed by atoms with Crippen molar-refractivity contribution in [1.29, 1.82) is 0 Å². The van der Waals surface area contributed by atoms with Gasteiger partial charge in [0.1, 0.15) is 0 Å². The van der Waals surface area contributed by atoms with Gasteiger partial charge in [-0.15, -0.1) is 0 Å². The van der Waals surface area contributed by atoms with Crippen LogP contribution in [0.3, 0.4) is 0 Å². The van der Waals surface area contributed by atoms with Gasteiger partial charge in [-0.25, -0.2) is 4.98 Å². The monoisotopic (exact) mass is 226 g/mol. The maximum atomic E-state index is 5.07. The molecule has 0 aliphatic carbocycles. The molecule has 0 aliphatic rings. The molecular formula is C11H22N4O. The van der Waals surface area contributed by atoms with E-state index in [1.54, 1.807) is 7.11 Å². The van der Waals surface area contributed by atoms with Crippen molar-refractivity contribution >= 4 is 5.95 Å². The number of hydrogen-bond donors (Lipinski definition) is 1. The number of rotatable bonds is 8. The van der Waals surface area contributed by atoms with Crippen LogP contribution in [0.2, 0.25) is 0 Å². The molecule has 5 nitrogen and oxygen atoms in total. The van der Waals surface area contributed by atoms with Gasteiger partial charge in [-0.05, 0) is 20.0 Å². The average Bonchev–Trinajstić information content (AvgIpc) is 2.74. The molecule has 1 aromatic heterocycles. The van der Waals surface area contributed by atoms with Crippen LogP contribution < -0.4 is 10.2 Å². The Kier molecular flexibility index (Phi) is 5.88. The summed E-state index contributed by atoms with van der Waals surface area (Å²) in [6.45, 7) is 3.60. The predicted octanol–water partition coefficient (Wildman–Crippen LogP) is 0.575. The highest BCUT2D eigenvalue weighted by Crippen LogP contribution is 2.09. The van der Waals surface area contributed by atoms with Crippen molar-refractivity contribution < 1.29 is 4.74 Å². The maximum Gasteiger partial charge on any atom is 0.205 e. The van der Waals surface area contributed by atoms with Crippen LogP contribution in [-0.2, 0) is 11.3 Å². The van der Waals surface area contributed by atoms with Crippen LogP contribution in [0.25, 0.3) is 0 Å². The number of ether oxygens (including phenoxy) is 1. The van der Waals surface area contributed by atoms with E-state index in [-0.39, 0.29) is 0 Å². The first-order chi connectivity index (χ1) is 7.79. The fourth-order valence-corrected chi connectivity index (χ4v) is 1.60. The molecule has 1 heterocycles. The standard InChI is InChI=1S/C11H22N4O/c1-12-5-4-7-14(2)11-13-6-8-15(11)9-10-16-3/h6,8,12H,4-5,7,9-10H2,1-3H3. The fraction of sp³-hybridized carbons (Fsp3) is 0.727. The molecule has 1 aromatic rings. The van der Waals surface area contributed by atoms with Gasteiger partial charge in [0.15, 0.2) is 0 Å². The minimum atomic E-state index is 0.716. The topological polar surface area (TPSA) is 42.3 Å². The average molecular weight is 226 g/mol. The third kappa shape index (κ3) is 3.83. The van der Waals surface area contributed by atoms with Gasteiger partial charge in [0, 0.05) is 39.6 Å². The van der Waals surface area contributed by atoms with E-state index in [0.29, 0.717) is 6.61 Å². The van der Waals surface area contributed by atoms with E-state index < -0.39 is 0 Å². The van der Waals surface area contributed by atoms with Crippen molar-refractivity contribution in [2.24, 2.45) is 0 Å². The molecule has 0 bridgehead atoms. The fourth-order valence-electron chi connectivity index (χ4n) is 1.60. The summed E-state index contributed by atoms with van der Waals surface area (Å²) in [5.41, 5.74) is 0. The molecule has 0 saturated heterocycles. The quantitative estimate of drug-likeness (QED) is 0.658. The van der Waals surface area contributed by atoms with Gasteiger partial charge < -0.3 is 19.5 Å². The van der Waals surface area contributed by atoms with Crippen molar-refractivity contribution in [3.8, 4) is 0 Å². The van der Waals surface area contributed by atoms with E-state index in [2.05, 4.69) is 26.8 Å². The zero-order chi connectivity index (χ0) is 11.8. The third-order valence-corrected chi connectivity index (χ3v) is 2.49. The van der Waals surface area contributed by atoms with Crippen LogP contribution in [0.15, 0.2) is 12.4 Å². The number of hydrogen-bond acceptors (Lipinski definition) is 4. The number of anilines is 1. The van der Waals surface area contributed by atoms with Gasteiger partial charge in [-0.1, -0.05) is 0 Å². The zero-order valence-electron chi connectivity index (χ0n) is 10.4. The first kappa shape index (κ1) is 13.0. The SMILES string of the molecule is CNCCCN(C)c1nccn1CCOC. The Bertz CT molecular complexity index is 287. The lowest BCUT2D eigenvalue weighted by molar-refractivity contribution is 0.187. The minimum absolute atomic E-state index is 0.716. The summed E-state index contributed by atoms with van der Waals surface area (Å²) in [5.74, 6) is 1.01. The summed E-state index contributed by atoms with van der Waals surface area (Å²) >= 11 is 0. The van der Waals surface area contributed by atoms with Crippen molar-refractivity contribution in [3.05, 3.63) is 12.4 Å². The summed E-state index contributed by atoms with van der Waals surface area (Å²) in [7, 11) is 5.76. The highest BCUT2D eigenvalue weighted by molar-refractivity contribution is 5.29. The summed E-state index contributed by atoms with van der Waals surface area (Å²) in [4.78, 5) is 6.53. The Labute approximate surface area is 97.4 Å². The number of nitrogens with one attached hydrogen (secondary N) is 1. The molecule has 0 radical (unpaired) electrons. The van der Waals surface area contributed by atoms with Crippen LogP contribution in [0.5, 0.6) is 0 Å². The van der Waals surface area contributed by atoms with Crippen molar-refractivity contribution in [3.63, 3.8) is 0 Å². The molecule has 0 spiro atoms. The first-order valence-corrected chi connectivity index (χ1v) is 5.65. The Morgan fingerprint density at radius 1 is 1.56 bits per heavy atom. The van der Waals surface area contributed by atoms with Crippen LogP contribution in [0.4, 0.5) is 5.95 Å². The molecule has 0 unspecified atom stereocenters. The molecular weight excluding hydrogens is 204 g/mol. The smallest absolute Gasteiger partial charge is 0.205 e. The second kappa shape index (κ2) is 7.24. The normalized spacial score (nSPS) is 10.7. The molecule has 0 aromatic carbocycles. The molecule has 0 fully saturated rings. The lowest BCUT2D eigenvalue weighted by Gasteiger charge is -2.19. The van der Waals surface area contributed by atoms with Gasteiger partial charge in [-0.3, -0.25) is 0 Å². The molecule has 16 heavy (non-hydrogen) atoms.